The molecule has 2 aromatic rings. The first kappa shape index (κ1) is 12.3. The van der Waals surface area contributed by atoms with E-state index in [0.717, 1.165) is 5.56 Å². The van der Waals surface area contributed by atoms with Gasteiger partial charge >= 0.3 is 0 Å². The van der Waals surface area contributed by atoms with E-state index in [1.165, 1.54) is 6.07 Å². The summed E-state index contributed by atoms with van der Waals surface area (Å²) < 4.78 is 13.5. The van der Waals surface area contributed by atoms with Gasteiger partial charge in [0.15, 0.2) is 0 Å². The van der Waals surface area contributed by atoms with Gasteiger partial charge in [0.25, 0.3) is 0 Å². The predicted octanol–water partition coefficient (Wildman–Crippen LogP) is 4.25. The maximum absolute atomic E-state index is 13.0. The van der Waals surface area contributed by atoms with Crippen LogP contribution in [0.5, 0.6) is 0 Å². The van der Waals surface area contributed by atoms with Crippen molar-refractivity contribution in [3.05, 3.63) is 57.4 Å². The number of nitrogens with one attached hydrogen (secondary N) is 1. The number of pyridine rings is 1. The van der Waals surface area contributed by atoms with Crippen molar-refractivity contribution in [2.75, 3.05) is 5.32 Å². The van der Waals surface area contributed by atoms with E-state index in [4.69, 9.17) is 11.6 Å². The molecule has 0 spiro atoms. The lowest BCUT2D eigenvalue weighted by atomic mass is 10.2. The summed E-state index contributed by atoms with van der Waals surface area (Å²) in [5, 5.41) is 3.55. The third kappa shape index (κ3) is 3.41. The fourth-order valence-corrected chi connectivity index (χ4v) is 1.94. The standard InChI is InChI=1S/C12H9BrClFN2/c13-9-6-8(4-5-10(9)15)7-16-12-3-1-2-11(14)17-12/h1-6H,7H2,(H,16,17). The molecule has 88 valence electrons. The number of benzene rings is 1. The molecular formula is C12H9BrClFN2. The van der Waals surface area contributed by atoms with Crippen LogP contribution in [0.25, 0.3) is 0 Å². The lowest BCUT2D eigenvalue weighted by molar-refractivity contribution is 0.620. The second-order valence-corrected chi connectivity index (χ2v) is 4.69. The highest BCUT2D eigenvalue weighted by Gasteiger charge is 2.01. The van der Waals surface area contributed by atoms with Gasteiger partial charge in [-0.25, -0.2) is 9.37 Å². The molecule has 0 unspecified atom stereocenters. The first-order chi connectivity index (χ1) is 8.15. The van der Waals surface area contributed by atoms with Gasteiger partial charge in [-0.1, -0.05) is 23.7 Å². The Morgan fingerprint density at radius 3 is 2.82 bits per heavy atom. The number of aromatic nitrogens is 1. The summed E-state index contributed by atoms with van der Waals surface area (Å²) in [7, 11) is 0. The summed E-state index contributed by atoms with van der Waals surface area (Å²) >= 11 is 8.91. The van der Waals surface area contributed by atoms with Gasteiger partial charge in [-0.15, -0.1) is 0 Å². The molecule has 2 rings (SSSR count). The van der Waals surface area contributed by atoms with Crippen LogP contribution in [0.4, 0.5) is 10.2 Å². The van der Waals surface area contributed by atoms with Crippen LogP contribution in [0.2, 0.25) is 5.15 Å². The smallest absolute Gasteiger partial charge is 0.137 e. The highest BCUT2D eigenvalue weighted by molar-refractivity contribution is 9.10. The van der Waals surface area contributed by atoms with Crippen LogP contribution in [0.1, 0.15) is 5.56 Å². The molecule has 0 atom stereocenters. The van der Waals surface area contributed by atoms with Crippen LogP contribution in [-0.2, 0) is 6.54 Å². The monoisotopic (exact) mass is 314 g/mol. The summed E-state index contributed by atoms with van der Waals surface area (Å²) in [5.74, 6) is 0.424. The molecule has 0 radical (unpaired) electrons. The molecule has 1 N–H and O–H groups in total. The van der Waals surface area contributed by atoms with Gasteiger partial charge in [0, 0.05) is 6.54 Å². The third-order valence-corrected chi connectivity index (χ3v) is 2.99. The molecule has 1 aromatic heterocycles. The molecule has 0 aliphatic rings. The minimum absolute atomic E-state index is 0.269. The minimum Gasteiger partial charge on any atom is -0.366 e. The number of halogens is 3. The Kier molecular flexibility index (Phi) is 3.97. The first-order valence-corrected chi connectivity index (χ1v) is 6.12. The average Bonchev–Trinajstić information content (AvgIpc) is 2.31. The van der Waals surface area contributed by atoms with E-state index in [2.05, 4.69) is 26.2 Å². The van der Waals surface area contributed by atoms with Gasteiger partial charge in [-0.3, -0.25) is 0 Å². The van der Waals surface area contributed by atoms with E-state index in [9.17, 15) is 4.39 Å². The molecule has 5 heteroatoms. The van der Waals surface area contributed by atoms with Gasteiger partial charge in [-0.2, -0.15) is 0 Å². The quantitative estimate of drug-likeness (QED) is 0.857. The molecule has 17 heavy (non-hydrogen) atoms. The van der Waals surface area contributed by atoms with Gasteiger partial charge < -0.3 is 5.32 Å². The molecule has 0 aliphatic carbocycles. The van der Waals surface area contributed by atoms with E-state index < -0.39 is 0 Å². The lowest BCUT2D eigenvalue weighted by Gasteiger charge is -2.06. The van der Waals surface area contributed by atoms with Gasteiger partial charge in [0.1, 0.15) is 16.8 Å². The Balaban J connectivity index is 2.05. The fraction of sp³-hybridized carbons (Fsp3) is 0.0833. The molecule has 0 saturated carbocycles. The summed E-state index contributed by atoms with van der Waals surface area (Å²) in [6.07, 6.45) is 0. The zero-order valence-electron chi connectivity index (χ0n) is 8.75. The normalized spacial score (nSPS) is 10.3. The molecule has 2 nitrogen and oxygen atoms in total. The van der Waals surface area contributed by atoms with Gasteiger partial charge in [0.2, 0.25) is 0 Å². The van der Waals surface area contributed by atoms with E-state index in [-0.39, 0.29) is 5.82 Å². The second-order valence-electron chi connectivity index (χ2n) is 3.45. The number of anilines is 1. The van der Waals surface area contributed by atoms with Crippen LogP contribution in [-0.4, -0.2) is 4.98 Å². The number of hydrogen-bond acceptors (Lipinski definition) is 2. The van der Waals surface area contributed by atoms with E-state index in [0.29, 0.717) is 22.0 Å². The largest absolute Gasteiger partial charge is 0.366 e. The molecule has 0 fully saturated rings. The van der Waals surface area contributed by atoms with Crippen LogP contribution in [0.15, 0.2) is 40.9 Å². The number of rotatable bonds is 3. The highest BCUT2D eigenvalue weighted by atomic mass is 79.9. The predicted molar refractivity (Wildman–Crippen MR) is 70.7 cm³/mol. The van der Waals surface area contributed by atoms with Crippen LogP contribution < -0.4 is 5.32 Å². The van der Waals surface area contributed by atoms with Crippen molar-refractivity contribution < 1.29 is 4.39 Å². The van der Waals surface area contributed by atoms with Crippen molar-refractivity contribution in [2.45, 2.75) is 6.54 Å². The maximum Gasteiger partial charge on any atom is 0.137 e. The van der Waals surface area contributed by atoms with Crippen molar-refractivity contribution in [3.63, 3.8) is 0 Å². The second kappa shape index (κ2) is 5.47. The van der Waals surface area contributed by atoms with Crippen molar-refractivity contribution in [2.24, 2.45) is 0 Å². The lowest BCUT2D eigenvalue weighted by Crippen LogP contribution is -2.01. The molecule has 0 saturated heterocycles. The fourth-order valence-electron chi connectivity index (χ4n) is 1.35. The average molecular weight is 316 g/mol. The molecule has 0 bridgehead atoms. The highest BCUT2D eigenvalue weighted by Crippen LogP contribution is 2.18. The van der Waals surface area contributed by atoms with Gasteiger partial charge in [0.05, 0.1) is 4.47 Å². The number of hydrogen-bond donors (Lipinski definition) is 1. The Bertz CT molecular complexity index is 534. The Labute approximate surface area is 112 Å². The molecule has 1 heterocycles. The third-order valence-electron chi connectivity index (χ3n) is 2.17. The zero-order chi connectivity index (χ0) is 12.3. The molecular weight excluding hydrogens is 307 g/mol. The summed E-state index contributed by atoms with van der Waals surface area (Å²) in [6, 6.07) is 10.2. The van der Waals surface area contributed by atoms with Crippen LogP contribution >= 0.6 is 27.5 Å². The van der Waals surface area contributed by atoms with Gasteiger partial charge in [-0.05, 0) is 45.8 Å². The van der Waals surface area contributed by atoms with Crippen LogP contribution in [0.3, 0.4) is 0 Å². The summed E-state index contributed by atoms with van der Waals surface area (Å²) in [5.41, 5.74) is 0.958. The SMILES string of the molecule is Fc1ccc(CNc2cccc(Cl)n2)cc1Br. The Hall–Kier alpha value is -1.13. The Morgan fingerprint density at radius 2 is 2.12 bits per heavy atom. The Morgan fingerprint density at radius 1 is 1.29 bits per heavy atom. The summed E-state index contributed by atoms with van der Waals surface area (Å²) in [4.78, 5) is 4.10. The number of nitrogens with zero attached hydrogens (tertiary/aromatic N) is 1. The van der Waals surface area contributed by atoms with E-state index in [1.54, 1.807) is 18.2 Å². The van der Waals surface area contributed by atoms with Crippen molar-refractivity contribution in [1.29, 1.82) is 0 Å². The molecule has 0 aliphatic heterocycles. The van der Waals surface area contributed by atoms with Crippen LogP contribution in [0, 0.1) is 5.82 Å². The molecule has 0 amide bonds. The topological polar surface area (TPSA) is 24.9 Å². The maximum atomic E-state index is 13.0. The van der Waals surface area contributed by atoms with Crippen molar-refractivity contribution >= 4 is 33.3 Å². The first-order valence-electron chi connectivity index (χ1n) is 4.95. The van der Waals surface area contributed by atoms with E-state index >= 15 is 0 Å². The zero-order valence-corrected chi connectivity index (χ0v) is 11.1. The molecule has 1 aromatic carbocycles. The summed E-state index contributed by atoms with van der Waals surface area (Å²) in [6.45, 7) is 0.562. The van der Waals surface area contributed by atoms with Crippen molar-refractivity contribution in [3.8, 4) is 0 Å². The van der Waals surface area contributed by atoms with E-state index in [1.807, 2.05) is 12.1 Å². The van der Waals surface area contributed by atoms with Crippen molar-refractivity contribution in [1.82, 2.24) is 4.98 Å². The minimum atomic E-state index is -0.269.